The fourth-order valence-corrected chi connectivity index (χ4v) is 4.36. The van der Waals surface area contributed by atoms with E-state index < -0.39 is 0 Å². The molecule has 0 N–H and O–H groups in total. The second kappa shape index (κ2) is 12.0. The molecule has 6 heteroatoms. The topological polar surface area (TPSA) is 49.9 Å². The lowest BCUT2D eigenvalue weighted by Crippen LogP contribution is -2.43. The number of hydrogen-bond donors (Lipinski definition) is 0. The number of benzene rings is 2. The normalized spacial score (nSPS) is 11.3. The summed E-state index contributed by atoms with van der Waals surface area (Å²) in [6.07, 6.45) is 0. The summed E-state index contributed by atoms with van der Waals surface area (Å²) in [7, 11) is 1.60. The minimum Gasteiger partial charge on any atom is -0.383 e. The molecule has 0 fully saturated rings. The molecule has 2 aromatic carbocycles. The summed E-state index contributed by atoms with van der Waals surface area (Å²) in [5.74, 6) is -0.255. The average molecular weight is 479 g/mol. The molecule has 0 aliphatic carbocycles. The zero-order valence-electron chi connectivity index (χ0n) is 20.5. The van der Waals surface area contributed by atoms with Crippen LogP contribution in [0.1, 0.15) is 47.1 Å². The van der Waals surface area contributed by atoms with Gasteiger partial charge < -0.3 is 14.5 Å². The standard InChI is InChI=1S/C28H34N2O3S/c1-28(2,3)24-14-12-23(13-15-24)27(32)29(16-17-33-4)21-26(31)30(20-25-11-8-18-34-25)19-22-9-6-5-7-10-22/h5-15,18H,16-17,19-21H2,1-4H3. The molecular weight excluding hydrogens is 444 g/mol. The van der Waals surface area contributed by atoms with Gasteiger partial charge in [0.2, 0.25) is 5.91 Å². The predicted molar refractivity (Wildman–Crippen MR) is 138 cm³/mol. The molecule has 5 nitrogen and oxygen atoms in total. The third-order valence-corrected chi connectivity index (χ3v) is 6.53. The van der Waals surface area contributed by atoms with E-state index >= 15 is 0 Å². The van der Waals surface area contributed by atoms with Crippen molar-refractivity contribution in [1.82, 2.24) is 9.80 Å². The number of rotatable bonds is 10. The van der Waals surface area contributed by atoms with Crippen molar-refractivity contribution in [2.75, 3.05) is 26.8 Å². The van der Waals surface area contributed by atoms with E-state index in [-0.39, 0.29) is 23.8 Å². The second-order valence-electron chi connectivity index (χ2n) is 9.36. The van der Waals surface area contributed by atoms with Gasteiger partial charge in [0.25, 0.3) is 5.91 Å². The van der Waals surface area contributed by atoms with Crippen molar-refractivity contribution in [3.05, 3.63) is 93.7 Å². The first-order valence-corrected chi connectivity index (χ1v) is 12.4. The van der Waals surface area contributed by atoms with Crippen molar-refractivity contribution in [3.8, 4) is 0 Å². The lowest BCUT2D eigenvalue weighted by Gasteiger charge is -2.28. The summed E-state index contributed by atoms with van der Waals surface area (Å²) in [5.41, 5.74) is 2.80. The molecule has 2 amide bonds. The molecule has 0 bridgehead atoms. The van der Waals surface area contributed by atoms with Gasteiger partial charge in [-0.2, -0.15) is 0 Å². The Bertz CT molecular complexity index is 1040. The highest BCUT2D eigenvalue weighted by Gasteiger charge is 2.23. The minimum absolute atomic E-state index is 0.00141. The molecule has 3 aromatic rings. The molecule has 0 radical (unpaired) electrons. The Morgan fingerprint density at radius 3 is 2.18 bits per heavy atom. The van der Waals surface area contributed by atoms with Gasteiger partial charge in [0.15, 0.2) is 0 Å². The fraction of sp³-hybridized carbons (Fsp3) is 0.357. The largest absolute Gasteiger partial charge is 0.383 e. The number of amides is 2. The van der Waals surface area contributed by atoms with Crippen molar-refractivity contribution in [3.63, 3.8) is 0 Å². The first kappa shape index (κ1) is 25.7. The highest BCUT2D eigenvalue weighted by Crippen LogP contribution is 2.23. The molecule has 1 aromatic heterocycles. The maximum Gasteiger partial charge on any atom is 0.254 e. The molecule has 0 aliphatic rings. The van der Waals surface area contributed by atoms with Crippen LogP contribution in [0.15, 0.2) is 72.1 Å². The minimum atomic E-state index is -0.165. The number of carbonyl (C=O) groups excluding carboxylic acids is 2. The monoisotopic (exact) mass is 478 g/mol. The first-order valence-electron chi connectivity index (χ1n) is 11.5. The van der Waals surface area contributed by atoms with Crippen LogP contribution < -0.4 is 0 Å². The number of hydrogen-bond acceptors (Lipinski definition) is 4. The molecule has 0 aliphatic heterocycles. The lowest BCUT2D eigenvalue weighted by atomic mass is 9.86. The Morgan fingerprint density at radius 1 is 0.882 bits per heavy atom. The third kappa shape index (κ3) is 7.27. The number of methoxy groups -OCH3 is 1. The van der Waals surface area contributed by atoms with Crippen LogP contribution in [0, 0.1) is 0 Å². The van der Waals surface area contributed by atoms with Gasteiger partial charge in [-0.3, -0.25) is 9.59 Å². The Kier molecular flexibility index (Phi) is 9.02. The van der Waals surface area contributed by atoms with E-state index in [0.717, 1.165) is 16.0 Å². The maximum atomic E-state index is 13.5. The zero-order chi connectivity index (χ0) is 24.6. The van der Waals surface area contributed by atoms with Crippen molar-refractivity contribution >= 4 is 23.2 Å². The Hall–Kier alpha value is -2.96. The highest BCUT2D eigenvalue weighted by atomic mass is 32.1. The van der Waals surface area contributed by atoms with Crippen molar-refractivity contribution in [1.29, 1.82) is 0 Å². The van der Waals surface area contributed by atoms with Gasteiger partial charge in [0, 0.05) is 30.6 Å². The number of carbonyl (C=O) groups is 2. The molecule has 0 saturated carbocycles. The van der Waals surface area contributed by atoms with E-state index in [1.807, 2.05) is 77.0 Å². The molecule has 3 rings (SSSR count). The van der Waals surface area contributed by atoms with Crippen LogP contribution in [0.25, 0.3) is 0 Å². The Balaban J connectivity index is 1.78. The molecule has 34 heavy (non-hydrogen) atoms. The predicted octanol–water partition coefficient (Wildman–Crippen LogP) is 5.36. The Labute approximate surface area is 207 Å². The molecule has 0 spiro atoms. The third-order valence-electron chi connectivity index (χ3n) is 5.67. The highest BCUT2D eigenvalue weighted by molar-refractivity contribution is 7.09. The summed E-state index contributed by atoms with van der Waals surface area (Å²) in [5, 5.41) is 2.01. The van der Waals surface area contributed by atoms with Crippen LogP contribution in [0.4, 0.5) is 0 Å². The van der Waals surface area contributed by atoms with Crippen LogP contribution in [-0.2, 0) is 28.0 Å². The summed E-state index contributed by atoms with van der Waals surface area (Å²) < 4.78 is 5.23. The van der Waals surface area contributed by atoms with Crippen LogP contribution in [0.5, 0.6) is 0 Å². The quantitative estimate of drug-likeness (QED) is 0.394. The molecule has 0 saturated heterocycles. The van der Waals surface area contributed by atoms with E-state index in [9.17, 15) is 9.59 Å². The fourth-order valence-electron chi connectivity index (χ4n) is 3.64. The SMILES string of the molecule is COCCN(CC(=O)N(Cc1ccccc1)Cc1cccs1)C(=O)c1ccc(C(C)(C)C)cc1. The van der Waals surface area contributed by atoms with E-state index in [4.69, 9.17) is 4.74 Å². The van der Waals surface area contributed by atoms with Gasteiger partial charge in [-0.05, 0) is 40.1 Å². The number of ether oxygens (including phenoxy) is 1. The summed E-state index contributed by atoms with van der Waals surface area (Å²) in [6.45, 7) is 8.14. The van der Waals surface area contributed by atoms with Crippen LogP contribution in [0.2, 0.25) is 0 Å². The van der Waals surface area contributed by atoms with E-state index in [0.29, 0.717) is 31.8 Å². The van der Waals surface area contributed by atoms with E-state index in [1.54, 1.807) is 23.3 Å². The van der Waals surface area contributed by atoms with Crippen LogP contribution >= 0.6 is 11.3 Å². The zero-order valence-corrected chi connectivity index (χ0v) is 21.3. The number of nitrogens with zero attached hydrogens (tertiary/aromatic N) is 2. The maximum absolute atomic E-state index is 13.5. The molecule has 0 atom stereocenters. The summed E-state index contributed by atoms with van der Waals surface area (Å²) >= 11 is 1.62. The van der Waals surface area contributed by atoms with Gasteiger partial charge in [-0.25, -0.2) is 0 Å². The molecule has 0 unspecified atom stereocenters. The van der Waals surface area contributed by atoms with Crippen molar-refractivity contribution in [2.45, 2.75) is 39.3 Å². The van der Waals surface area contributed by atoms with E-state index in [1.165, 1.54) is 0 Å². The van der Waals surface area contributed by atoms with Gasteiger partial charge >= 0.3 is 0 Å². The first-order chi connectivity index (χ1) is 16.3. The molecule has 1 heterocycles. The van der Waals surface area contributed by atoms with Gasteiger partial charge in [-0.1, -0.05) is 69.3 Å². The van der Waals surface area contributed by atoms with Crippen molar-refractivity contribution in [2.24, 2.45) is 0 Å². The van der Waals surface area contributed by atoms with E-state index in [2.05, 4.69) is 20.8 Å². The van der Waals surface area contributed by atoms with Crippen LogP contribution in [0.3, 0.4) is 0 Å². The number of thiophene rings is 1. The second-order valence-corrected chi connectivity index (χ2v) is 10.4. The Morgan fingerprint density at radius 2 is 1.59 bits per heavy atom. The van der Waals surface area contributed by atoms with Crippen molar-refractivity contribution < 1.29 is 14.3 Å². The van der Waals surface area contributed by atoms with Gasteiger partial charge in [0.1, 0.15) is 6.54 Å². The molecular formula is C28H34N2O3S. The smallest absolute Gasteiger partial charge is 0.254 e. The summed E-state index contributed by atoms with van der Waals surface area (Å²) in [4.78, 5) is 31.3. The average Bonchev–Trinajstić information content (AvgIpc) is 3.34. The molecule has 180 valence electrons. The van der Waals surface area contributed by atoms with Crippen LogP contribution in [-0.4, -0.2) is 48.4 Å². The van der Waals surface area contributed by atoms with Gasteiger partial charge in [-0.15, -0.1) is 11.3 Å². The van der Waals surface area contributed by atoms with Gasteiger partial charge in [0.05, 0.1) is 13.2 Å². The lowest BCUT2D eigenvalue weighted by molar-refractivity contribution is -0.133. The summed E-state index contributed by atoms with van der Waals surface area (Å²) in [6, 6.07) is 21.6.